The zero-order chi connectivity index (χ0) is 13.8. The van der Waals surface area contributed by atoms with Crippen molar-refractivity contribution in [2.24, 2.45) is 5.73 Å². The topological polar surface area (TPSA) is 66.6 Å². The van der Waals surface area contributed by atoms with E-state index < -0.39 is 0 Å². The van der Waals surface area contributed by atoms with E-state index in [1.165, 1.54) is 17.0 Å². The fourth-order valence-corrected chi connectivity index (χ4v) is 2.07. The van der Waals surface area contributed by atoms with Crippen LogP contribution >= 0.6 is 12.4 Å². The van der Waals surface area contributed by atoms with Gasteiger partial charge in [-0.25, -0.2) is 4.39 Å². The minimum atomic E-state index is -0.318. The first-order valence-corrected chi connectivity index (χ1v) is 6.10. The van der Waals surface area contributed by atoms with E-state index in [4.69, 9.17) is 5.73 Å². The number of hydrogen-bond acceptors (Lipinski definition) is 3. The summed E-state index contributed by atoms with van der Waals surface area (Å²) in [4.78, 5) is 26.4. The minimum absolute atomic E-state index is 0. The summed E-state index contributed by atoms with van der Waals surface area (Å²) in [6.45, 7) is 1.24. The van der Waals surface area contributed by atoms with Crippen molar-refractivity contribution in [3.8, 4) is 0 Å². The van der Waals surface area contributed by atoms with E-state index in [-0.39, 0.29) is 43.1 Å². The lowest BCUT2D eigenvalue weighted by Crippen LogP contribution is -2.53. The molecule has 0 radical (unpaired) electrons. The van der Waals surface area contributed by atoms with Gasteiger partial charge in [-0.3, -0.25) is 9.59 Å². The number of hydrogen-bond donors (Lipinski definition) is 1. The number of nitrogens with two attached hydrogens (primary N) is 1. The molecule has 1 aliphatic heterocycles. The van der Waals surface area contributed by atoms with E-state index in [1.54, 1.807) is 17.0 Å². The Hall–Kier alpha value is -1.66. The molecule has 0 aromatic heterocycles. The third-order valence-electron chi connectivity index (χ3n) is 3.11. The number of halogens is 2. The quantitative estimate of drug-likeness (QED) is 0.877. The Morgan fingerprint density at radius 1 is 1.35 bits per heavy atom. The van der Waals surface area contributed by atoms with Gasteiger partial charge in [0.1, 0.15) is 5.82 Å². The average Bonchev–Trinajstić information content (AvgIpc) is 2.40. The van der Waals surface area contributed by atoms with E-state index in [0.717, 1.165) is 5.56 Å². The van der Waals surface area contributed by atoms with Crippen LogP contribution in [0.3, 0.4) is 0 Å². The molecule has 2 N–H and O–H groups in total. The van der Waals surface area contributed by atoms with Gasteiger partial charge >= 0.3 is 0 Å². The maximum Gasteiger partial charge on any atom is 0.242 e. The molecule has 0 spiro atoms. The third-order valence-corrected chi connectivity index (χ3v) is 3.11. The van der Waals surface area contributed by atoms with Crippen LogP contribution in [0.5, 0.6) is 0 Å². The Kier molecular flexibility index (Phi) is 5.91. The third kappa shape index (κ3) is 3.91. The molecular formula is C13H17ClFN3O2. The first-order valence-electron chi connectivity index (χ1n) is 6.10. The molecule has 1 aliphatic rings. The maximum atomic E-state index is 13.1. The van der Waals surface area contributed by atoms with Crippen LogP contribution in [0, 0.1) is 5.82 Å². The molecule has 7 heteroatoms. The smallest absolute Gasteiger partial charge is 0.242 e. The number of carbonyl (C=O) groups excluding carboxylic acids is 2. The van der Waals surface area contributed by atoms with Gasteiger partial charge in [-0.2, -0.15) is 0 Å². The van der Waals surface area contributed by atoms with Gasteiger partial charge in [0, 0.05) is 19.6 Å². The van der Waals surface area contributed by atoms with Crippen LogP contribution in [0.2, 0.25) is 0 Å². The molecular weight excluding hydrogens is 285 g/mol. The van der Waals surface area contributed by atoms with Gasteiger partial charge in [0.15, 0.2) is 0 Å². The first kappa shape index (κ1) is 16.4. The van der Waals surface area contributed by atoms with Gasteiger partial charge in [-0.05, 0) is 17.7 Å². The minimum Gasteiger partial charge on any atom is -0.335 e. The van der Waals surface area contributed by atoms with Crippen molar-refractivity contribution >= 4 is 24.2 Å². The normalized spacial score (nSPS) is 15.0. The summed E-state index contributed by atoms with van der Waals surface area (Å²) in [5.41, 5.74) is 6.01. The van der Waals surface area contributed by atoms with Gasteiger partial charge in [0.05, 0.1) is 13.1 Å². The Labute approximate surface area is 122 Å². The Morgan fingerprint density at radius 2 is 2.10 bits per heavy atom. The second-order valence-corrected chi connectivity index (χ2v) is 4.46. The standard InChI is InChI=1S/C13H16FN3O2.ClH/c14-11-3-1-2-10(6-11)8-16-4-5-17(9-13(16)19)12(18)7-15;/h1-3,6H,4-5,7-9,15H2;1H. The number of amides is 2. The van der Waals surface area contributed by atoms with E-state index in [0.29, 0.717) is 19.6 Å². The van der Waals surface area contributed by atoms with Crippen molar-refractivity contribution in [3.63, 3.8) is 0 Å². The summed E-state index contributed by atoms with van der Waals surface area (Å²) in [6, 6.07) is 6.16. The molecule has 2 amide bonds. The van der Waals surface area contributed by atoms with E-state index in [1.807, 2.05) is 0 Å². The lowest BCUT2D eigenvalue weighted by Gasteiger charge is -2.34. The maximum absolute atomic E-state index is 13.1. The van der Waals surface area contributed by atoms with Crippen molar-refractivity contribution in [2.45, 2.75) is 6.54 Å². The number of benzene rings is 1. The van der Waals surface area contributed by atoms with Crippen molar-refractivity contribution in [1.29, 1.82) is 0 Å². The van der Waals surface area contributed by atoms with Crippen molar-refractivity contribution in [3.05, 3.63) is 35.6 Å². The monoisotopic (exact) mass is 301 g/mol. The summed E-state index contributed by atoms with van der Waals surface area (Å²) >= 11 is 0. The fraction of sp³-hybridized carbons (Fsp3) is 0.385. The Balaban J connectivity index is 0.00000200. The second kappa shape index (κ2) is 7.21. The van der Waals surface area contributed by atoms with Crippen LogP contribution in [0.15, 0.2) is 24.3 Å². The summed E-state index contributed by atoms with van der Waals surface area (Å²) < 4.78 is 13.1. The highest BCUT2D eigenvalue weighted by molar-refractivity contribution is 5.86. The molecule has 1 fully saturated rings. The highest BCUT2D eigenvalue weighted by Crippen LogP contribution is 2.11. The van der Waals surface area contributed by atoms with Gasteiger partial charge in [-0.15, -0.1) is 12.4 Å². The molecule has 1 aromatic rings. The summed E-state index contributed by atoms with van der Waals surface area (Å²) in [5, 5.41) is 0. The van der Waals surface area contributed by atoms with Crippen LogP contribution in [-0.2, 0) is 16.1 Å². The fourth-order valence-electron chi connectivity index (χ4n) is 2.07. The van der Waals surface area contributed by atoms with Gasteiger partial charge in [0.2, 0.25) is 11.8 Å². The van der Waals surface area contributed by atoms with E-state index in [9.17, 15) is 14.0 Å². The predicted molar refractivity (Wildman–Crippen MR) is 74.7 cm³/mol. The average molecular weight is 302 g/mol. The van der Waals surface area contributed by atoms with E-state index in [2.05, 4.69) is 0 Å². The summed E-state index contributed by atoms with van der Waals surface area (Å²) in [7, 11) is 0. The highest BCUT2D eigenvalue weighted by Gasteiger charge is 2.26. The van der Waals surface area contributed by atoms with Crippen molar-refractivity contribution in [1.82, 2.24) is 9.80 Å². The zero-order valence-electron chi connectivity index (χ0n) is 10.9. The number of carbonyl (C=O) groups is 2. The van der Waals surface area contributed by atoms with Crippen molar-refractivity contribution in [2.75, 3.05) is 26.2 Å². The van der Waals surface area contributed by atoms with Crippen LogP contribution in [0.4, 0.5) is 4.39 Å². The molecule has 1 heterocycles. The van der Waals surface area contributed by atoms with Crippen LogP contribution in [0.1, 0.15) is 5.56 Å². The summed E-state index contributed by atoms with van der Waals surface area (Å²) in [5.74, 6) is -0.682. The zero-order valence-corrected chi connectivity index (χ0v) is 11.7. The lowest BCUT2D eigenvalue weighted by atomic mass is 10.2. The summed E-state index contributed by atoms with van der Waals surface area (Å²) in [6.07, 6.45) is 0. The SMILES string of the molecule is Cl.NCC(=O)N1CCN(Cc2cccc(F)c2)C(=O)C1. The van der Waals surface area contributed by atoms with Gasteiger partial charge < -0.3 is 15.5 Å². The van der Waals surface area contributed by atoms with Crippen LogP contribution < -0.4 is 5.73 Å². The van der Waals surface area contributed by atoms with E-state index >= 15 is 0 Å². The molecule has 0 bridgehead atoms. The van der Waals surface area contributed by atoms with Crippen LogP contribution in [0.25, 0.3) is 0 Å². The largest absolute Gasteiger partial charge is 0.335 e. The van der Waals surface area contributed by atoms with Crippen molar-refractivity contribution < 1.29 is 14.0 Å². The molecule has 0 saturated carbocycles. The number of nitrogens with zero attached hydrogens (tertiary/aromatic N) is 2. The molecule has 0 unspecified atom stereocenters. The molecule has 110 valence electrons. The second-order valence-electron chi connectivity index (χ2n) is 4.46. The van der Waals surface area contributed by atoms with Crippen LogP contribution in [-0.4, -0.2) is 47.8 Å². The van der Waals surface area contributed by atoms with Gasteiger partial charge in [0.25, 0.3) is 0 Å². The predicted octanol–water partition coefficient (Wildman–Crippen LogP) is 0.377. The molecule has 1 aromatic carbocycles. The highest BCUT2D eigenvalue weighted by atomic mass is 35.5. The number of rotatable bonds is 3. The number of piperazine rings is 1. The molecule has 2 rings (SSSR count). The molecule has 20 heavy (non-hydrogen) atoms. The molecule has 5 nitrogen and oxygen atoms in total. The first-order chi connectivity index (χ1) is 9.10. The Morgan fingerprint density at radius 3 is 2.70 bits per heavy atom. The molecule has 0 atom stereocenters. The Bertz CT molecular complexity index is 498. The molecule has 0 aliphatic carbocycles. The molecule has 1 saturated heterocycles. The lowest BCUT2D eigenvalue weighted by molar-refractivity contribution is -0.145. The van der Waals surface area contributed by atoms with Gasteiger partial charge in [-0.1, -0.05) is 12.1 Å².